The minimum atomic E-state index is -0.686. The van der Waals surface area contributed by atoms with E-state index < -0.39 is 11.8 Å². The summed E-state index contributed by atoms with van der Waals surface area (Å²) in [5.41, 5.74) is 1.10. The Kier molecular flexibility index (Phi) is 5.54. The van der Waals surface area contributed by atoms with Gasteiger partial charge in [-0.2, -0.15) is 0 Å². The molecule has 1 aromatic carbocycles. The highest BCUT2D eigenvalue weighted by Gasteiger charge is 2.54. The summed E-state index contributed by atoms with van der Waals surface area (Å²) in [5.74, 6) is -1.11. The van der Waals surface area contributed by atoms with Gasteiger partial charge in [0.05, 0.1) is 20.3 Å². The Bertz CT molecular complexity index is 612. The van der Waals surface area contributed by atoms with Crippen LogP contribution >= 0.6 is 0 Å². The molecular weight excluding hydrogens is 324 g/mol. The molecule has 2 aliphatic heterocycles. The number of fused-ring (bicyclic) bond motifs is 1. The number of ether oxygens (including phenoxy) is 5. The number of benzene rings is 1. The van der Waals surface area contributed by atoms with Gasteiger partial charge >= 0.3 is 5.97 Å². The van der Waals surface area contributed by atoms with Crippen LogP contribution in [0.4, 0.5) is 0 Å². The van der Waals surface area contributed by atoms with E-state index in [4.69, 9.17) is 18.9 Å². The molecule has 2 heterocycles. The van der Waals surface area contributed by atoms with Gasteiger partial charge in [-0.3, -0.25) is 0 Å². The molecule has 0 bridgehead atoms. The van der Waals surface area contributed by atoms with Gasteiger partial charge in [0.1, 0.15) is 24.4 Å². The summed E-state index contributed by atoms with van der Waals surface area (Å²) in [7, 11) is 1.34. The van der Waals surface area contributed by atoms with Crippen molar-refractivity contribution >= 4 is 5.97 Å². The van der Waals surface area contributed by atoms with E-state index in [1.54, 1.807) is 6.08 Å². The van der Waals surface area contributed by atoms with Crippen LogP contribution in [0.5, 0.6) is 0 Å². The monoisotopic (exact) mass is 348 g/mol. The van der Waals surface area contributed by atoms with E-state index in [9.17, 15) is 4.79 Å². The summed E-state index contributed by atoms with van der Waals surface area (Å²) in [6.07, 6.45) is 1.85. The Morgan fingerprint density at radius 2 is 1.92 bits per heavy atom. The largest absolute Gasteiger partial charge is 0.466 e. The molecule has 136 valence electrons. The highest BCUT2D eigenvalue weighted by Crippen LogP contribution is 2.39. The summed E-state index contributed by atoms with van der Waals surface area (Å²) in [4.78, 5) is 11.3. The van der Waals surface area contributed by atoms with Crippen molar-refractivity contribution in [3.8, 4) is 0 Å². The van der Waals surface area contributed by atoms with E-state index in [1.165, 1.54) is 13.2 Å². The molecule has 0 amide bonds. The number of hydrogen-bond donors (Lipinski definition) is 0. The molecule has 0 unspecified atom stereocenters. The molecule has 0 aliphatic carbocycles. The molecule has 4 atom stereocenters. The Morgan fingerprint density at radius 1 is 1.20 bits per heavy atom. The maximum atomic E-state index is 11.3. The molecule has 0 radical (unpaired) electrons. The average molecular weight is 348 g/mol. The van der Waals surface area contributed by atoms with Crippen molar-refractivity contribution in [3.05, 3.63) is 48.0 Å². The lowest BCUT2D eigenvalue weighted by atomic mass is 10.1. The van der Waals surface area contributed by atoms with Crippen molar-refractivity contribution in [2.24, 2.45) is 0 Å². The molecule has 1 aromatic rings. The van der Waals surface area contributed by atoms with E-state index in [1.807, 2.05) is 44.2 Å². The molecule has 25 heavy (non-hydrogen) atoms. The van der Waals surface area contributed by atoms with Crippen molar-refractivity contribution in [2.45, 2.75) is 50.7 Å². The zero-order valence-electron chi connectivity index (χ0n) is 14.7. The van der Waals surface area contributed by atoms with Gasteiger partial charge in [-0.25, -0.2) is 4.79 Å². The second kappa shape index (κ2) is 7.66. The molecule has 0 saturated carbocycles. The van der Waals surface area contributed by atoms with Crippen LogP contribution in [-0.2, 0) is 35.1 Å². The van der Waals surface area contributed by atoms with Crippen LogP contribution in [0.1, 0.15) is 19.4 Å². The first-order chi connectivity index (χ1) is 12.0. The predicted octanol–water partition coefficient (Wildman–Crippen LogP) is 2.22. The Morgan fingerprint density at radius 3 is 2.64 bits per heavy atom. The smallest absolute Gasteiger partial charge is 0.330 e. The van der Waals surface area contributed by atoms with Gasteiger partial charge in [0.2, 0.25) is 0 Å². The van der Waals surface area contributed by atoms with Gasteiger partial charge in [0.25, 0.3) is 0 Å². The number of esters is 1. The second-order valence-electron chi connectivity index (χ2n) is 6.59. The standard InChI is InChI=1S/C19H24O6/c1-19(2)24-17-14(9-10-16(20)21-3)23-15(18(17)25-19)12-22-11-13-7-5-4-6-8-13/h4-10,14-15,17-18H,11-12H2,1-3H3/b10-9+/t14-,15+,17+,18-/m0/s1. The second-order valence-corrected chi connectivity index (χ2v) is 6.59. The molecule has 2 fully saturated rings. The van der Waals surface area contributed by atoms with Gasteiger partial charge in [-0.1, -0.05) is 30.3 Å². The summed E-state index contributed by atoms with van der Waals surface area (Å²) in [6.45, 7) is 4.63. The zero-order valence-corrected chi connectivity index (χ0v) is 14.7. The highest BCUT2D eigenvalue weighted by atomic mass is 16.8. The molecular formula is C19H24O6. The maximum absolute atomic E-state index is 11.3. The van der Waals surface area contributed by atoms with Crippen LogP contribution < -0.4 is 0 Å². The quantitative estimate of drug-likeness (QED) is 0.580. The lowest BCUT2D eigenvalue weighted by Gasteiger charge is -2.23. The van der Waals surface area contributed by atoms with Crippen LogP contribution in [0.15, 0.2) is 42.5 Å². The third-order valence-corrected chi connectivity index (χ3v) is 4.20. The molecule has 0 N–H and O–H groups in total. The van der Waals surface area contributed by atoms with Crippen molar-refractivity contribution in [1.82, 2.24) is 0 Å². The molecule has 0 spiro atoms. The predicted molar refractivity (Wildman–Crippen MR) is 89.7 cm³/mol. The first-order valence-electron chi connectivity index (χ1n) is 8.37. The first kappa shape index (κ1) is 18.1. The molecule has 6 nitrogen and oxygen atoms in total. The molecule has 2 saturated heterocycles. The first-order valence-corrected chi connectivity index (χ1v) is 8.37. The van der Waals surface area contributed by atoms with Gasteiger partial charge in [-0.15, -0.1) is 0 Å². The van der Waals surface area contributed by atoms with E-state index in [0.29, 0.717) is 13.2 Å². The molecule has 3 rings (SSSR count). The van der Waals surface area contributed by atoms with Crippen LogP contribution in [0.25, 0.3) is 0 Å². The Labute approximate surface area is 147 Å². The zero-order chi connectivity index (χ0) is 17.9. The van der Waals surface area contributed by atoms with Crippen LogP contribution in [0, 0.1) is 0 Å². The fourth-order valence-electron chi connectivity index (χ4n) is 3.11. The number of rotatable bonds is 6. The van der Waals surface area contributed by atoms with E-state index in [-0.39, 0.29) is 24.4 Å². The van der Waals surface area contributed by atoms with E-state index in [0.717, 1.165) is 5.56 Å². The summed E-state index contributed by atoms with van der Waals surface area (Å²) in [6, 6.07) is 9.95. The highest BCUT2D eigenvalue weighted by molar-refractivity contribution is 5.81. The lowest BCUT2D eigenvalue weighted by Crippen LogP contribution is -2.32. The molecule has 2 aliphatic rings. The van der Waals surface area contributed by atoms with Crippen molar-refractivity contribution in [2.75, 3.05) is 13.7 Å². The minimum absolute atomic E-state index is 0.238. The van der Waals surface area contributed by atoms with Crippen molar-refractivity contribution < 1.29 is 28.5 Å². The number of carbonyl (C=O) groups excluding carboxylic acids is 1. The number of hydrogen-bond acceptors (Lipinski definition) is 6. The molecule has 6 heteroatoms. The Hall–Kier alpha value is -1.73. The number of carbonyl (C=O) groups is 1. The van der Waals surface area contributed by atoms with Crippen LogP contribution in [0.3, 0.4) is 0 Å². The summed E-state index contributed by atoms with van der Waals surface area (Å²) < 4.78 is 28.3. The fourth-order valence-corrected chi connectivity index (χ4v) is 3.11. The molecule has 0 aromatic heterocycles. The number of methoxy groups -OCH3 is 1. The fraction of sp³-hybridized carbons (Fsp3) is 0.526. The lowest BCUT2D eigenvalue weighted by molar-refractivity contribution is -0.187. The van der Waals surface area contributed by atoms with Gasteiger partial charge in [-0.05, 0) is 25.5 Å². The van der Waals surface area contributed by atoms with E-state index in [2.05, 4.69) is 4.74 Å². The average Bonchev–Trinajstić information content (AvgIpc) is 3.07. The van der Waals surface area contributed by atoms with Gasteiger partial charge in [0.15, 0.2) is 5.79 Å². The van der Waals surface area contributed by atoms with Crippen LogP contribution in [-0.4, -0.2) is 49.9 Å². The van der Waals surface area contributed by atoms with Crippen molar-refractivity contribution in [3.63, 3.8) is 0 Å². The van der Waals surface area contributed by atoms with Crippen LogP contribution in [0.2, 0.25) is 0 Å². The third kappa shape index (κ3) is 4.46. The minimum Gasteiger partial charge on any atom is -0.466 e. The topological polar surface area (TPSA) is 63.2 Å². The van der Waals surface area contributed by atoms with Crippen molar-refractivity contribution in [1.29, 1.82) is 0 Å². The Balaban J connectivity index is 1.61. The third-order valence-electron chi connectivity index (χ3n) is 4.20. The van der Waals surface area contributed by atoms with Gasteiger partial charge < -0.3 is 23.7 Å². The van der Waals surface area contributed by atoms with E-state index >= 15 is 0 Å². The summed E-state index contributed by atoms with van der Waals surface area (Å²) in [5, 5.41) is 0. The SMILES string of the molecule is COC(=O)/C=C/[C@@H]1O[C@H](COCc2ccccc2)[C@@H]2OC(C)(C)O[C@@H]21. The normalized spacial score (nSPS) is 30.5. The van der Waals surface area contributed by atoms with Gasteiger partial charge in [0, 0.05) is 6.08 Å². The summed E-state index contributed by atoms with van der Waals surface area (Å²) >= 11 is 0. The maximum Gasteiger partial charge on any atom is 0.330 e.